The summed E-state index contributed by atoms with van der Waals surface area (Å²) in [6.07, 6.45) is 0. The molecule has 0 saturated carbocycles. The van der Waals surface area contributed by atoms with E-state index in [0.29, 0.717) is 22.5 Å². The van der Waals surface area contributed by atoms with E-state index in [9.17, 15) is 14.4 Å². The highest BCUT2D eigenvalue weighted by Gasteiger charge is 2.42. The Labute approximate surface area is 129 Å². The van der Waals surface area contributed by atoms with E-state index in [4.69, 9.17) is 4.74 Å². The second-order valence-corrected chi connectivity index (χ2v) is 6.20. The average Bonchev–Trinajstić information content (AvgIpc) is 3.33. The minimum Gasteiger partial charge on any atom is -0.460 e. The lowest BCUT2D eigenvalue weighted by atomic mass is 9.91. The van der Waals surface area contributed by atoms with Crippen molar-refractivity contribution in [3.05, 3.63) is 22.5 Å². The highest BCUT2D eigenvalue weighted by Crippen LogP contribution is 2.33. The predicted octanol–water partition coefficient (Wildman–Crippen LogP) is 0.497. The zero-order valence-corrected chi connectivity index (χ0v) is 13.1. The molecule has 0 aromatic carbocycles. The van der Waals surface area contributed by atoms with Crippen LogP contribution in [0.3, 0.4) is 0 Å². The first kappa shape index (κ1) is 14.8. The lowest BCUT2D eigenvalue weighted by molar-refractivity contribution is -0.146. The molecule has 22 heavy (non-hydrogen) atoms. The highest BCUT2D eigenvalue weighted by atomic mass is 16.5. The van der Waals surface area contributed by atoms with Gasteiger partial charge in [-0.1, -0.05) is 13.8 Å². The van der Waals surface area contributed by atoms with Crippen LogP contribution in [0.4, 0.5) is 0 Å². The molecule has 2 aliphatic heterocycles. The van der Waals surface area contributed by atoms with Crippen LogP contribution in [0, 0.1) is 5.92 Å². The van der Waals surface area contributed by atoms with E-state index >= 15 is 0 Å². The van der Waals surface area contributed by atoms with Crippen LogP contribution in [-0.4, -0.2) is 60.1 Å². The zero-order valence-electron chi connectivity index (χ0n) is 13.1. The van der Waals surface area contributed by atoms with Crippen LogP contribution < -0.4 is 0 Å². The van der Waals surface area contributed by atoms with Gasteiger partial charge in [0.25, 0.3) is 0 Å². The van der Waals surface area contributed by atoms with E-state index in [0.717, 1.165) is 26.2 Å². The summed E-state index contributed by atoms with van der Waals surface area (Å²) in [5.74, 6) is -0.913. The maximum absolute atomic E-state index is 12.8. The molecule has 0 radical (unpaired) electrons. The number of ether oxygens (including phenoxy) is 1. The minimum atomic E-state index is -0.363. The van der Waals surface area contributed by atoms with Crippen molar-refractivity contribution in [2.45, 2.75) is 20.8 Å². The summed E-state index contributed by atoms with van der Waals surface area (Å²) in [7, 11) is 0. The van der Waals surface area contributed by atoms with Crippen LogP contribution in [0.5, 0.6) is 0 Å². The number of allylic oxidation sites excluding steroid dienone is 2. The Bertz CT molecular complexity index is 622. The molecule has 0 N–H and O–H groups in total. The Balaban J connectivity index is 1.90. The van der Waals surface area contributed by atoms with Gasteiger partial charge in [0.15, 0.2) is 0 Å². The molecule has 0 bridgehead atoms. The Morgan fingerprint density at radius 2 is 1.59 bits per heavy atom. The molecule has 2 fully saturated rings. The Kier molecular flexibility index (Phi) is 3.54. The number of esters is 1. The summed E-state index contributed by atoms with van der Waals surface area (Å²) in [4.78, 5) is 40.8. The van der Waals surface area contributed by atoms with Crippen molar-refractivity contribution in [2.75, 3.05) is 32.8 Å². The van der Waals surface area contributed by atoms with Gasteiger partial charge in [0.05, 0.1) is 22.9 Å². The third-order valence-corrected chi connectivity index (χ3v) is 4.04. The Morgan fingerprint density at radius 3 is 2.09 bits per heavy atom. The van der Waals surface area contributed by atoms with E-state index in [1.54, 1.807) is 20.8 Å². The van der Waals surface area contributed by atoms with Crippen LogP contribution >= 0.6 is 0 Å². The number of hydrogen-bond acceptors (Lipinski definition) is 6. The molecule has 1 aliphatic carbocycles. The molecule has 0 spiro atoms. The van der Waals surface area contributed by atoms with Crippen molar-refractivity contribution >= 4 is 17.5 Å². The van der Waals surface area contributed by atoms with Gasteiger partial charge in [0.1, 0.15) is 6.61 Å². The topological polar surface area (TPSA) is 66.5 Å². The smallest absolute Gasteiger partial charge is 0.308 e. The van der Waals surface area contributed by atoms with Crippen LogP contribution in [0.1, 0.15) is 20.8 Å². The maximum Gasteiger partial charge on any atom is 0.308 e. The molecular weight excluding hydrogens is 284 g/mol. The molecule has 3 rings (SSSR count). The highest BCUT2D eigenvalue weighted by molar-refractivity contribution is 6.25. The summed E-state index contributed by atoms with van der Waals surface area (Å²) in [6.45, 7) is 8.17. The molecule has 0 amide bonds. The lowest BCUT2D eigenvalue weighted by Gasteiger charge is -2.23. The van der Waals surface area contributed by atoms with E-state index in [-0.39, 0.29) is 30.1 Å². The molecule has 3 aliphatic rings. The SMILES string of the molecule is CC1=C(N2CC2)C(=O)C(COC(=O)C(C)C)=C(N2CC2)C1=O. The molecule has 2 saturated heterocycles. The Morgan fingerprint density at radius 1 is 1.05 bits per heavy atom. The summed E-state index contributed by atoms with van der Waals surface area (Å²) < 4.78 is 5.22. The lowest BCUT2D eigenvalue weighted by Crippen LogP contribution is -2.32. The summed E-state index contributed by atoms with van der Waals surface area (Å²) >= 11 is 0. The number of rotatable bonds is 5. The molecule has 0 unspecified atom stereocenters. The number of carbonyl (C=O) groups is 3. The number of Topliss-reactive ketones (excluding diaryl/α,β-unsaturated/α-hetero) is 2. The molecule has 0 aromatic rings. The fourth-order valence-electron chi connectivity index (χ4n) is 2.55. The first-order valence-electron chi connectivity index (χ1n) is 7.61. The van der Waals surface area contributed by atoms with Crippen molar-refractivity contribution in [2.24, 2.45) is 5.92 Å². The van der Waals surface area contributed by atoms with Gasteiger partial charge < -0.3 is 14.5 Å². The van der Waals surface area contributed by atoms with Gasteiger partial charge in [-0.05, 0) is 6.92 Å². The van der Waals surface area contributed by atoms with Crippen LogP contribution in [0.15, 0.2) is 22.5 Å². The number of hydrogen-bond donors (Lipinski definition) is 0. The van der Waals surface area contributed by atoms with E-state index < -0.39 is 0 Å². The van der Waals surface area contributed by atoms with Gasteiger partial charge >= 0.3 is 5.97 Å². The molecule has 6 heteroatoms. The van der Waals surface area contributed by atoms with E-state index in [1.807, 2.05) is 9.80 Å². The largest absolute Gasteiger partial charge is 0.460 e. The monoisotopic (exact) mass is 304 g/mol. The first-order chi connectivity index (χ1) is 10.4. The van der Waals surface area contributed by atoms with Gasteiger partial charge in [0.2, 0.25) is 11.6 Å². The molecule has 0 atom stereocenters. The molecular formula is C16H20N2O4. The third-order valence-electron chi connectivity index (χ3n) is 4.04. The summed E-state index contributed by atoms with van der Waals surface area (Å²) in [5.41, 5.74) is 1.73. The second-order valence-electron chi connectivity index (χ2n) is 6.20. The van der Waals surface area contributed by atoms with Crippen molar-refractivity contribution in [1.82, 2.24) is 9.80 Å². The van der Waals surface area contributed by atoms with Crippen molar-refractivity contribution < 1.29 is 19.1 Å². The van der Waals surface area contributed by atoms with Gasteiger partial charge in [0, 0.05) is 31.8 Å². The minimum absolute atomic E-state index is 0.116. The van der Waals surface area contributed by atoms with Crippen molar-refractivity contribution in [3.8, 4) is 0 Å². The standard InChI is InChI=1S/C16H20N2O4/c1-9(2)16(21)22-8-11-13(18-6-7-18)14(19)10(3)12(15(11)20)17-4-5-17/h9H,4-8H2,1-3H3. The fraction of sp³-hybridized carbons (Fsp3) is 0.562. The fourth-order valence-corrected chi connectivity index (χ4v) is 2.55. The van der Waals surface area contributed by atoms with Crippen LogP contribution in [0.25, 0.3) is 0 Å². The molecule has 0 aromatic heterocycles. The Hall–Kier alpha value is -2.11. The second kappa shape index (κ2) is 5.26. The number of ketones is 2. The van der Waals surface area contributed by atoms with Crippen LogP contribution in [-0.2, 0) is 19.1 Å². The summed E-state index contributed by atoms with van der Waals surface area (Å²) in [5, 5.41) is 0. The quantitative estimate of drug-likeness (QED) is 0.418. The first-order valence-corrected chi connectivity index (χ1v) is 7.61. The number of carbonyl (C=O) groups excluding carboxylic acids is 3. The zero-order chi connectivity index (χ0) is 16.0. The van der Waals surface area contributed by atoms with Crippen LogP contribution in [0.2, 0.25) is 0 Å². The van der Waals surface area contributed by atoms with Gasteiger partial charge in [-0.25, -0.2) is 0 Å². The predicted molar refractivity (Wildman–Crippen MR) is 78.7 cm³/mol. The van der Waals surface area contributed by atoms with Gasteiger partial charge in [-0.15, -0.1) is 0 Å². The third kappa shape index (κ3) is 2.53. The van der Waals surface area contributed by atoms with Gasteiger partial charge in [-0.3, -0.25) is 14.4 Å². The molecule has 6 nitrogen and oxygen atoms in total. The average molecular weight is 304 g/mol. The van der Waals surface area contributed by atoms with Crippen molar-refractivity contribution in [1.29, 1.82) is 0 Å². The normalized spacial score (nSPS) is 21.1. The van der Waals surface area contributed by atoms with Crippen molar-refractivity contribution in [3.63, 3.8) is 0 Å². The maximum atomic E-state index is 12.8. The van der Waals surface area contributed by atoms with Gasteiger partial charge in [-0.2, -0.15) is 0 Å². The summed E-state index contributed by atoms with van der Waals surface area (Å²) in [6, 6.07) is 0. The number of nitrogens with zero attached hydrogens (tertiary/aromatic N) is 2. The van der Waals surface area contributed by atoms with E-state index in [1.165, 1.54) is 0 Å². The molecule has 2 heterocycles. The molecule has 118 valence electrons. The van der Waals surface area contributed by atoms with E-state index in [2.05, 4.69) is 0 Å².